The van der Waals surface area contributed by atoms with Crippen molar-refractivity contribution in [3.8, 4) is 5.69 Å². The van der Waals surface area contributed by atoms with E-state index in [0.29, 0.717) is 26.6 Å². The third-order valence-corrected chi connectivity index (χ3v) is 3.35. The molecule has 0 saturated heterocycles. The number of benzene rings is 1. The number of rotatable bonds is 1. The zero-order valence-corrected chi connectivity index (χ0v) is 10.4. The number of fused-ring (bicyclic) bond motifs is 1. The summed E-state index contributed by atoms with van der Waals surface area (Å²) in [7, 11) is 0. The zero-order valence-electron chi connectivity index (χ0n) is 8.89. The number of nitrogens with zero attached hydrogens (tertiary/aromatic N) is 3. The molecule has 3 rings (SSSR count). The van der Waals surface area contributed by atoms with Gasteiger partial charge in [0.05, 0.1) is 21.2 Å². The Kier molecular flexibility index (Phi) is 2.57. The van der Waals surface area contributed by atoms with Crippen LogP contribution in [0.15, 0.2) is 35.6 Å². The van der Waals surface area contributed by atoms with Gasteiger partial charge in [-0.05, 0) is 12.1 Å². The first-order chi connectivity index (χ1) is 8.66. The van der Waals surface area contributed by atoms with Crippen LogP contribution in [0.25, 0.3) is 16.6 Å². The summed E-state index contributed by atoms with van der Waals surface area (Å²) in [4.78, 5) is 18.2. The molecule has 0 bridgehead atoms. The van der Waals surface area contributed by atoms with Crippen LogP contribution < -0.4 is 5.56 Å². The largest absolute Gasteiger partial charge is 0.322 e. The second-order valence-corrected chi connectivity index (χ2v) is 4.43. The van der Waals surface area contributed by atoms with Crippen molar-refractivity contribution in [3.63, 3.8) is 0 Å². The standard InChI is InChI=1S/C11H6Cl2N4O/c12-6-1-2-7-10(11(6)13)8(3-9(18)16-7)17-5-14-4-15-17/h1-5H,(H,16,18). The van der Waals surface area contributed by atoms with Gasteiger partial charge in [0.25, 0.3) is 5.56 Å². The minimum absolute atomic E-state index is 0.244. The van der Waals surface area contributed by atoms with Crippen LogP contribution in [-0.4, -0.2) is 19.7 Å². The molecule has 0 saturated carbocycles. The molecule has 90 valence electrons. The molecule has 0 aliphatic heterocycles. The Morgan fingerprint density at radius 3 is 2.83 bits per heavy atom. The Morgan fingerprint density at radius 2 is 2.11 bits per heavy atom. The first kappa shape index (κ1) is 11.3. The molecule has 0 fully saturated rings. The first-order valence-electron chi connectivity index (χ1n) is 5.03. The monoisotopic (exact) mass is 280 g/mol. The number of pyridine rings is 1. The molecule has 0 aliphatic carbocycles. The number of hydrogen-bond acceptors (Lipinski definition) is 3. The van der Waals surface area contributed by atoms with E-state index in [2.05, 4.69) is 15.1 Å². The molecule has 0 amide bonds. The molecule has 2 heterocycles. The van der Waals surface area contributed by atoms with Crippen molar-refractivity contribution < 1.29 is 0 Å². The van der Waals surface area contributed by atoms with E-state index < -0.39 is 0 Å². The van der Waals surface area contributed by atoms with Crippen LogP contribution in [0.5, 0.6) is 0 Å². The lowest BCUT2D eigenvalue weighted by molar-refractivity contribution is 0.883. The zero-order chi connectivity index (χ0) is 12.7. The molecular weight excluding hydrogens is 275 g/mol. The number of aromatic nitrogens is 4. The Hall–Kier alpha value is -1.85. The molecule has 0 unspecified atom stereocenters. The van der Waals surface area contributed by atoms with Gasteiger partial charge in [-0.25, -0.2) is 9.67 Å². The average Bonchev–Trinajstić information content (AvgIpc) is 2.86. The summed E-state index contributed by atoms with van der Waals surface area (Å²) in [6, 6.07) is 4.73. The molecular formula is C11H6Cl2N4O. The predicted molar refractivity (Wildman–Crippen MR) is 69.5 cm³/mol. The van der Waals surface area contributed by atoms with Gasteiger partial charge in [0, 0.05) is 11.5 Å². The fourth-order valence-electron chi connectivity index (χ4n) is 1.78. The maximum absolute atomic E-state index is 11.6. The Labute approximate surface area is 111 Å². The van der Waals surface area contributed by atoms with Crippen LogP contribution >= 0.6 is 23.2 Å². The first-order valence-corrected chi connectivity index (χ1v) is 5.78. The summed E-state index contributed by atoms with van der Waals surface area (Å²) in [5.41, 5.74) is 0.896. The van der Waals surface area contributed by atoms with Gasteiger partial charge >= 0.3 is 0 Å². The number of H-pyrrole nitrogens is 1. The summed E-state index contributed by atoms with van der Waals surface area (Å²) in [5, 5.41) is 5.42. The molecule has 0 radical (unpaired) electrons. The second kappa shape index (κ2) is 4.12. The van der Waals surface area contributed by atoms with Crippen molar-refractivity contribution in [1.29, 1.82) is 0 Å². The van der Waals surface area contributed by atoms with Gasteiger partial charge in [0.15, 0.2) is 0 Å². The van der Waals surface area contributed by atoms with Crippen LogP contribution in [0, 0.1) is 0 Å². The molecule has 5 nitrogen and oxygen atoms in total. The minimum atomic E-state index is -0.244. The van der Waals surface area contributed by atoms with Gasteiger partial charge in [0.1, 0.15) is 12.7 Å². The molecule has 1 N–H and O–H groups in total. The SMILES string of the molecule is O=c1cc(-n2cncn2)c2c(Cl)c(Cl)ccc2[nH]1. The number of hydrogen-bond donors (Lipinski definition) is 1. The molecule has 1 aromatic carbocycles. The molecule has 2 aromatic heterocycles. The average molecular weight is 281 g/mol. The van der Waals surface area contributed by atoms with Gasteiger partial charge in [-0.3, -0.25) is 4.79 Å². The normalized spacial score (nSPS) is 11.0. The van der Waals surface area contributed by atoms with Crippen molar-refractivity contribution in [2.45, 2.75) is 0 Å². The van der Waals surface area contributed by atoms with E-state index in [1.54, 1.807) is 12.1 Å². The predicted octanol–water partition coefficient (Wildman–Crippen LogP) is 2.42. The molecule has 0 spiro atoms. The van der Waals surface area contributed by atoms with Crippen LogP contribution in [-0.2, 0) is 0 Å². The minimum Gasteiger partial charge on any atom is -0.322 e. The Balaban J connectivity index is 2.50. The third kappa shape index (κ3) is 1.68. The van der Waals surface area contributed by atoms with Gasteiger partial charge in [-0.1, -0.05) is 23.2 Å². The summed E-state index contributed by atoms with van der Waals surface area (Å²) < 4.78 is 1.47. The van der Waals surface area contributed by atoms with Crippen molar-refractivity contribution >= 4 is 34.1 Å². The molecule has 3 aromatic rings. The smallest absolute Gasteiger partial charge is 0.250 e. The van der Waals surface area contributed by atoms with Crippen molar-refractivity contribution in [2.75, 3.05) is 0 Å². The fourth-order valence-corrected chi connectivity index (χ4v) is 2.20. The van der Waals surface area contributed by atoms with Gasteiger partial charge in [-0.2, -0.15) is 5.10 Å². The van der Waals surface area contributed by atoms with E-state index in [9.17, 15) is 4.79 Å². The summed E-state index contributed by atoms with van der Waals surface area (Å²) >= 11 is 12.2. The highest BCUT2D eigenvalue weighted by molar-refractivity contribution is 6.45. The van der Waals surface area contributed by atoms with Crippen LogP contribution in [0.3, 0.4) is 0 Å². The van der Waals surface area contributed by atoms with E-state index >= 15 is 0 Å². The number of aromatic amines is 1. The van der Waals surface area contributed by atoms with Gasteiger partial charge < -0.3 is 4.98 Å². The van der Waals surface area contributed by atoms with Crippen molar-refractivity contribution in [2.24, 2.45) is 0 Å². The van der Waals surface area contributed by atoms with E-state index in [1.165, 1.54) is 23.4 Å². The van der Waals surface area contributed by atoms with Gasteiger partial charge in [0.2, 0.25) is 0 Å². The summed E-state index contributed by atoms with van der Waals surface area (Å²) in [6.07, 6.45) is 2.87. The maximum atomic E-state index is 11.6. The van der Waals surface area contributed by atoms with Crippen LogP contribution in [0.2, 0.25) is 10.0 Å². The lowest BCUT2D eigenvalue weighted by Crippen LogP contribution is -2.09. The number of nitrogens with one attached hydrogen (secondary N) is 1. The topological polar surface area (TPSA) is 63.6 Å². The molecule has 0 atom stereocenters. The Bertz CT molecular complexity index is 780. The quantitative estimate of drug-likeness (QED) is 0.745. The number of halogens is 2. The van der Waals surface area contributed by atoms with Crippen LogP contribution in [0.1, 0.15) is 0 Å². The Morgan fingerprint density at radius 1 is 1.28 bits per heavy atom. The highest BCUT2D eigenvalue weighted by Gasteiger charge is 2.12. The highest BCUT2D eigenvalue weighted by atomic mass is 35.5. The van der Waals surface area contributed by atoms with E-state index in [0.717, 1.165) is 0 Å². The summed E-state index contributed by atoms with van der Waals surface area (Å²) in [6.45, 7) is 0. The van der Waals surface area contributed by atoms with E-state index in [4.69, 9.17) is 23.2 Å². The van der Waals surface area contributed by atoms with Crippen molar-refractivity contribution in [1.82, 2.24) is 19.7 Å². The fraction of sp³-hybridized carbons (Fsp3) is 0. The highest BCUT2D eigenvalue weighted by Crippen LogP contribution is 2.32. The third-order valence-electron chi connectivity index (χ3n) is 2.54. The lowest BCUT2D eigenvalue weighted by atomic mass is 10.2. The second-order valence-electron chi connectivity index (χ2n) is 3.64. The molecule has 0 aliphatic rings. The maximum Gasteiger partial charge on any atom is 0.250 e. The van der Waals surface area contributed by atoms with E-state index in [1.807, 2.05) is 0 Å². The molecule has 18 heavy (non-hydrogen) atoms. The van der Waals surface area contributed by atoms with Crippen molar-refractivity contribution in [3.05, 3.63) is 51.3 Å². The lowest BCUT2D eigenvalue weighted by Gasteiger charge is -2.08. The van der Waals surface area contributed by atoms with Gasteiger partial charge in [-0.15, -0.1) is 0 Å². The summed E-state index contributed by atoms with van der Waals surface area (Å²) in [5.74, 6) is 0. The molecule has 7 heteroatoms. The van der Waals surface area contributed by atoms with E-state index in [-0.39, 0.29) is 5.56 Å². The van der Waals surface area contributed by atoms with Crippen LogP contribution in [0.4, 0.5) is 0 Å².